The summed E-state index contributed by atoms with van der Waals surface area (Å²) in [7, 11) is 0. The van der Waals surface area contributed by atoms with Gasteiger partial charge in [-0.25, -0.2) is 13.2 Å². The Labute approximate surface area is 58.4 Å². The van der Waals surface area contributed by atoms with E-state index in [4.69, 9.17) is 0 Å². The van der Waals surface area contributed by atoms with E-state index in [0.29, 0.717) is 0 Å². The second-order valence-electron chi connectivity index (χ2n) is 3.51. The van der Waals surface area contributed by atoms with Crippen LogP contribution in [0.3, 0.4) is 0 Å². The standard InChI is InChI=1S/C7H11F3/c1-4-6(2,3)7(4,10)5(8)9/h4-5H,1-3H3/t4-,7+/m1/s1. The van der Waals surface area contributed by atoms with Crippen LogP contribution in [0.25, 0.3) is 0 Å². The molecule has 3 heteroatoms. The van der Waals surface area contributed by atoms with E-state index in [1.165, 1.54) is 20.8 Å². The number of hydrogen-bond acceptors (Lipinski definition) is 0. The largest absolute Gasteiger partial charge is 0.272 e. The van der Waals surface area contributed by atoms with E-state index in [9.17, 15) is 13.2 Å². The Kier molecular flexibility index (Phi) is 1.33. The average Bonchev–Trinajstić information content (AvgIpc) is 2.16. The average molecular weight is 152 g/mol. The van der Waals surface area contributed by atoms with Crippen molar-refractivity contribution in [2.75, 3.05) is 0 Å². The van der Waals surface area contributed by atoms with Gasteiger partial charge in [0.15, 0.2) is 5.67 Å². The van der Waals surface area contributed by atoms with Gasteiger partial charge in [0.1, 0.15) is 0 Å². The second-order valence-corrected chi connectivity index (χ2v) is 3.51. The molecular weight excluding hydrogens is 141 g/mol. The molecule has 0 aliphatic heterocycles. The molecule has 0 saturated heterocycles. The van der Waals surface area contributed by atoms with Crippen molar-refractivity contribution in [1.29, 1.82) is 0 Å². The van der Waals surface area contributed by atoms with Crippen LogP contribution in [0.15, 0.2) is 0 Å². The molecule has 1 rings (SSSR count). The van der Waals surface area contributed by atoms with Crippen molar-refractivity contribution in [3.05, 3.63) is 0 Å². The van der Waals surface area contributed by atoms with Crippen LogP contribution in [-0.2, 0) is 0 Å². The summed E-state index contributed by atoms with van der Waals surface area (Å²) in [4.78, 5) is 0. The van der Waals surface area contributed by atoms with E-state index in [0.717, 1.165) is 0 Å². The summed E-state index contributed by atoms with van der Waals surface area (Å²) >= 11 is 0. The van der Waals surface area contributed by atoms with E-state index in [-0.39, 0.29) is 0 Å². The van der Waals surface area contributed by atoms with Crippen molar-refractivity contribution in [3.8, 4) is 0 Å². The van der Waals surface area contributed by atoms with Gasteiger partial charge in [-0.3, -0.25) is 0 Å². The second kappa shape index (κ2) is 1.69. The third kappa shape index (κ3) is 0.584. The molecule has 0 aromatic rings. The summed E-state index contributed by atoms with van der Waals surface area (Å²) in [5.41, 5.74) is -3.06. The lowest BCUT2D eigenvalue weighted by atomic mass is 10.1. The highest BCUT2D eigenvalue weighted by Gasteiger charge is 2.75. The van der Waals surface area contributed by atoms with Crippen LogP contribution in [0.1, 0.15) is 20.8 Å². The molecule has 0 heterocycles. The molecule has 0 radical (unpaired) electrons. The maximum absolute atomic E-state index is 13.0. The molecule has 0 amide bonds. The fourth-order valence-corrected chi connectivity index (χ4v) is 1.47. The Morgan fingerprint density at radius 2 is 1.60 bits per heavy atom. The highest BCUT2D eigenvalue weighted by molar-refractivity contribution is 5.19. The highest BCUT2D eigenvalue weighted by Crippen LogP contribution is 2.66. The van der Waals surface area contributed by atoms with Crippen LogP contribution >= 0.6 is 0 Å². The summed E-state index contributed by atoms with van der Waals surface area (Å²) in [6, 6.07) is 0. The van der Waals surface area contributed by atoms with Gasteiger partial charge in [-0.05, 0) is 0 Å². The van der Waals surface area contributed by atoms with Crippen molar-refractivity contribution in [2.45, 2.75) is 32.9 Å². The van der Waals surface area contributed by atoms with Gasteiger partial charge >= 0.3 is 0 Å². The zero-order valence-corrected chi connectivity index (χ0v) is 6.29. The summed E-state index contributed by atoms with van der Waals surface area (Å²) in [5, 5.41) is 0. The first-order valence-corrected chi connectivity index (χ1v) is 3.32. The lowest BCUT2D eigenvalue weighted by molar-refractivity contribution is 0.00673. The van der Waals surface area contributed by atoms with Crippen LogP contribution in [0.4, 0.5) is 13.2 Å². The Balaban J connectivity index is 2.78. The van der Waals surface area contributed by atoms with E-state index in [2.05, 4.69) is 0 Å². The molecule has 1 fully saturated rings. The quantitative estimate of drug-likeness (QED) is 0.541. The molecule has 0 spiro atoms. The highest BCUT2D eigenvalue weighted by atomic mass is 19.3. The fourth-order valence-electron chi connectivity index (χ4n) is 1.47. The van der Waals surface area contributed by atoms with Gasteiger partial charge in [-0.2, -0.15) is 0 Å². The van der Waals surface area contributed by atoms with E-state index in [1.807, 2.05) is 0 Å². The zero-order chi connectivity index (χ0) is 8.15. The van der Waals surface area contributed by atoms with Crippen LogP contribution < -0.4 is 0 Å². The van der Waals surface area contributed by atoms with E-state index in [1.54, 1.807) is 0 Å². The molecular formula is C7H11F3. The van der Waals surface area contributed by atoms with Crippen LogP contribution in [0.5, 0.6) is 0 Å². The maximum atomic E-state index is 13.0. The minimum atomic E-state index is -2.84. The third-order valence-corrected chi connectivity index (χ3v) is 2.93. The molecule has 0 aromatic carbocycles. The number of alkyl halides is 3. The summed E-state index contributed by atoms with van der Waals surface area (Å²) in [6.07, 6.45) is -2.84. The monoisotopic (exact) mass is 152 g/mol. The van der Waals surface area contributed by atoms with Gasteiger partial charge < -0.3 is 0 Å². The lowest BCUT2D eigenvalue weighted by Gasteiger charge is -2.07. The maximum Gasteiger partial charge on any atom is 0.272 e. The van der Waals surface area contributed by atoms with Crippen molar-refractivity contribution < 1.29 is 13.2 Å². The van der Waals surface area contributed by atoms with Gasteiger partial charge in [0, 0.05) is 11.3 Å². The smallest absolute Gasteiger partial charge is 0.237 e. The molecule has 60 valence electrons. The molecule has 2 atom stereocenters. The number of rotatable bonds is 1. The van der Waals surface area contributed by atoms with Gasteiger partial charge in [-0.1, -0.05) is 20.8 Å². The summed E-state index contributed by atoms with van der Waals surface area (Å²) < 4.78 is 37.0. The third-order valence-electron chi connectivity index (χ3n) is 2.93. The van der Waals surface area contributed by atoms with Crippen molar-refractivity contribution in [2.24, 2.45) is 11.3 Å². The van der Waals surface area contributed by atoms with Crippen molar-refractivity contribution in [3.63, 3.8) is 0 Å². The molecule has 0 aromatic heterocycles. The van der Waals surface area contributed by atoms with E-state index >= 15 is 0 Å². The number of halogens is 3. The lowest BCUT2D eigenvalue weighted by Crippen LogP contribution is -2.20. The summed E-state index contributed by atoms with van der Waals surface area (Å²) in [5.74, 6) is -0.514. The molecule has 0 unspecified atom stereocenters. The Morgan fingerprint density at radius 3 is 1.60 bits per heavy atom. The molecule has 1 aliphatic carbocycles. The van der Waals surface area contributed by atoms with Gasteiger partial charge in [0.2, 0.25) is 0 Å². The predicted molar refractivity (Wildman–Crippen MR) is 32.8 cm³/mol. The Hall–Kier alpha value is -0.210. The minimum Gasteiger partial charge on any atom is -0.237 e. The summed E-state index contributed by atoms with van der Waals surface area (Å²) in [6.45, 7) is 4.58. The first-order valence-electron chi connectivity index (χ1n) is 3.32. The molecule has 1 saturated carbocycles. The molecule has 1 aliphatic rings. The Morgan fingerprint density at radius 1 is 1.30 bits per heavy atom. The molecule has 10 heavy (non-hydrogen) atoms. The van der Waals surface area contributed by atoms with Crippen molar-refractivity contribution in [1.82, 2.24) is 0 Å². The van der Waals surface area contributed by atoms with E-state index < -0.39 is 23.4 Å². The molecule has 0 nitrogen and oxygen atoms in total. The van der Waals surface area contributed by atoms with Crippen molar-refractivity contribution >= 4 is 0 Å². The first kappa shape index (κ1) is 7.89. The van der Waals surface area contributed by atoms with Gasteiger partial charge in [-0.15, -0.1) is 0 Å². The SMILES string of the molecule is C[C@@H]1C(C)(C)[C@@]1(F)C(F)F. The van der Waals surface area contributed by atoms with Gasteiger partial charge in [0.05, 0.1) is 0 Å². The normalized spacial score (nSPS) is 44.1. The van der Waals surface area contributed by atoms with Crippen LogP contribution in [0, 0.1) is 11.3 Å². The topological polar surface area (TPSA) is 0 Å². The Bertz CT molecular complexity index is 153. The van der Waals surface area contributed by atoms with Crippen LogP contribution in [0.2, 0.25) is 0 Å². The van der Waals surface area contributed by atoms with Crippen LogP contribution in [-0.4, -0.2) is 12.1 Å². The first-order chi connectivity index (χ1) is 4.35. The molecule has 0 bridgehead atoms. The van der Waals surface area contributed by atoms with Gasteiger partial charge in [0.25, 0.3) is 6.43 Å². The molecule has 0 N–H and O–H groups in total. The zero-order valence-electron chi connectivity index (χ0n) is 6.29. The fraction of sp³-hybridized carbons (Fsp3) is 1.00. The predicted octanol–water partition coefficient (Wildman–Crippen LogP) is 2.64. The number of hydrogen-bond donors (Lipinski definition) is 0. The minimum absolute atomic E-state index is 0.514.